The Hall–Kier alpha value is -2.63. The van der Waals surface area contributed by atoms with Crippen molar-refractivity contribution in [1.29, 1.82) is 0 Å². The monoisotopic (exact) mass is 346 g/mol. The van der Waals surface area contributed by atoms with Crippen LogP contribution in [0.15, 0.2) is 47.5 Å². The molecule has 3 rings (SSSR count). The summed E-state index contributed by atoms with van der Waals surface area (Å²) in [5.41, 5.74) is 1.54. The number of aryl methyl sites for hydroxylation is 1. The van der Waals surface area contributed by atoms with E-state index in [-0.39, 0.29) is 5.56 Å². The highest BCUT2D eigenvalue weighted by Gasteiger charge is 2.34. The maximum Gasteiger partial charge on any atom is 0.416 e. The number of rotatable bonds is 3. The number of carbonyl (C=O) groups excluding carboxylic acids is 1. The predicted octanol–water partition coefficient (Wildman–Crippen LogP) is 4.84. The Bertz CT molecular complexity index is 828. The van der Waals surface area contributed by atoms with Crippen LogP contribution in [0.4, 0.5) is 18.9 Å². The van der Waals surface area contributed by atoms with Gasteiger partial charge in [0.05, 0.1) is 17.3 Å². The normalized spacial score (nSPS) is 14.7. The van der Waals surface area contributed by atoms with Crippen LogP contribution in [0.5, 0.6) is 0 Å². The van der Waals surface area contributed by atoms with E-state index in [1.165, 1.54) is 18.2 Å². The maximum atomic E-state index is 13.1. The van der Waals surface area contributed by atoms with E-state index >= 15 is 0 Å². The van der Waals surface area contributed by atoms with Crippen LogP contribution < -0.4 is 5.32 Å². The molecule has 130 valence electrons. The van der Waals surface area contributed by atoms with Gasteiger partial charge >= 0.3 is 6.18 Å². The first kappa shape index (κ1) is 17.2. The maximum absolute atomic E-state index is 13.1. The summed E-state index contributed by atoms with van der Waals surface area (Å²) in [4.78, 5) is 16.7. The Morgan fingerprint density at radius 3 is 2.72 bits per heavy atom. The van der Waals surface area contributed by atoms with Gasteiger partial charge in [-0.05, 0) is 55.2 Å². The second kappa shape index (κ2) is 6.70. The zero-order valence-electron chi connectivity index (χ0n) is 13.6. The van der Waals surface area contributed by atoms with E-state index in [1.54, 1.807) is 25.1 Å². The van der Waals surface area contributed by atoms with Gasteiger partial charge < -0.3 is 5.32 Å². The third kappa shape index (κ3) is 3.73. The van der Waals surface area contributed by atoms with Crippen LogP contribution in [0.25, 0.3) is 0 Å². The lowest BCUT2D eigenvalue weighted by Crippen LogP contribution is -2.28. The molecule has 6 heteroatoms. The van der Waals surface area contributed by atoms with Crippen LogP contribution >= 0.6 is 0 Å². The fraction of sp³-hybridized carbons (Fsp3) is 0.263. The largest absolute Gasteiger partial charge is 0.416 e. The quantitative estimate of drug-likeness (QED) is 0.848. The van der Waals surface area contributed by atoms with Crippen molar-refractivity contribution in [1.82, 2.24) is 5.32 Å². The highest BCUT2D eigenvalue weighted by Crippen LogP contribution is 2.34. The number of alkyl halides is 3. The average Bonchev–Trinajstić information content (AvgIpc) is 2.60. The molecule has 0 saturated carbocycles. The van der Waals surface area contributed by atoms with Gasteiger partial charge in [-0.25, -0.2) is 0 Å². The van der Waals surface area contributed by atoms with Gasteiger partial charge in [0.25, 0.3) is 5.91 Å². The minimum atomic E-state index is -4.46. The fourth-order valence-corrected chi connectivity index (χ4v) is 2.93. The number of halogens is 3. The van der Waals surface area contributed by atoms with E-state index < -0.39 is 23.7 Å². The number of fused-ring (bicyclic) bond motifs is 1. The van der Waals surface area contributed by atoms with Crippen molar-refractivity contribution in [3.8, 4) is 0 Å². The van der Waals surface area contributed by atoms with Crippen LogP contribution in [0, 0.1) is 0 Å². The Kier molecular flexibility index (Phi) is 4.61. The summed E-state index contributed by atoms with van der Waals surface area (Å²) < 4.78 is 39.4. The number of amides is 1. The molecule has 0 bridgehead atoms. The third-order valence-electron chi connectivity index (χ3n) is 4.20. The number of hydrogen-bond acceptors (Lipinski definition) is 2. The molecule has 1 N–H and O–H groups in total. The SMILES string of the molecule is CC(NC(=O)c1ccc2c(c1)CCC=N2)c1ccccc1C(F)(F)F. The van der Waals surface area contributed by atoms with Gasteiger partial charge in [-0.3, -0.25) is 9.79 Å². The molecule has 2 aromatic rings. The number of nitrogens with zero attached hydrogens (tertiary/aromatic N) is 1. The van der Waals surface area contributed by atoms with Crippen molar-refractivity contribution in [3.63, 3.8) is 0 Å². The Labute approximate surface area is 143 Å². The van der Waals surface area contributed by atoms with E-state index in [9.17, 15) is 18.0 Å². The second-order valence-corrected chi connectivity index (χ2v) is 5.97. The van der Waals surface area contributed by atoms with Crippen molar-refractivity contribution in [3.05, 3.63) is 64.7 Å². The van der Waals surface area contributed by atoms with Crippen LogP contribution in [0.1, 0.15) is 46.4 Å². The van der Waals surface area contributed by atoms with Gasteiger partial charge in [-0.15, -0.1) is 0 Å². The van der Waals surface area contributed by atoms with Gasteiger partial charge in [0.1, 0.15) is 0 Å². The van der Waals surface area contributed by atoms with E-state index in [0.717, 1.165) is 30.2 Å². The average molecular weight is 346 g/mol. The fourth-order valence-electron chi connectivity index (χ4n) is 2.93. The van der Waals surface area contributed by atoms with Crippen LogP contribution in [0.2, 0.25) is 0 Å². The second-order valence-electron chi connectivity index (χ2n) is 5.97. The molecule has 1 atom stereocenters. The van der Waals surface area contributed by atoms with Crippen molar-refractivity contribution >= 4 is 17.8 Å². The number of aliphatic imine (C=N–C) groups is 1. The molecule has 0 aromatic heterocycles. The first-order valence-corrected chi connectivity index (χ1v) is 7.98. The zero-order valence-corrected chi connectivity index (χ0v) is 13.6. The molecular weight excluding hydrogens is 329 g/mol. The van der Waals surface area contributed by atoms with Gasteiger partial charge in [-0.1, -0.05) is 18.2 Å². The van der Waals surface area contributed by atoms with Gasteiger partial charge in [0.2, 0.25) is 0 Å². The molecule has 3 nitrogen and oxygen atoms in total. The molecule has 0 fully saturated rings. The molecule has 0 spiro atoms. The number of carbonyl (C=O) groups is 1. The summed E-state index contributed by atoms with van der Waals surface area (Å²) in [5, 5.41) is 2.65. The van der Waals surface area contributed by atoms with Gasteiger partial charge in [0, 0.05) is 11.8 Å². The topological polar surface area (TPSA) is 41.5 Å². The minimum absolute atomic E-state index is 0.0471. The zero-order chi connectivity index (χ0) is 18.0. The van der Waals surface area contributed by atoms with E-state index in [4.69, 9.17) is 0 Å². The molecule has 1 aliphatic heterocycles. The van der Waals surface area contributed by atoms with Crippen molar-refractivity contribution in [2.75, 3.05) is 0 Å². The van der Waals surface area contributed by atoms with Gasteiger partial charge in [-0.2, -0.15) is 13.2 Å². The lowest BCUT2D eigenvalue weighted by atomic mass is 9.99. The molecule has 0 saturated heterocycles. The molecule has 1 amide bonds. The molecule has 0 radical (unpaired) electrons. The van der Waals surface area contributed by atoms with E-state index in [1.807, 2.05) is 6.21 Å². The van der Waals surface area contributed by atoms with E-state index in [0.29, 0.717) is 5.56 Å². The van der Waals surface area contributed by atoms with Crippen LogP contribution in [0.3, 0.4) is 0 Å². The Morgan fingerprint density at radius 1 is 1.20 bits per heavy atom. The summed E-state index contributed by atoms with van der Waals surface area (Å²) in [6.45, 7) is 1.55. The molecule has 2 aromatic carbocycles. The predicted molar refractivity (Wildman–Crippen MR) is 90.2 cm³/mol. The summed E-state index contributed by atoms with van der Waals surface area (Å²) in [5.74, 6) is -0.401. The summed E-state index contributed by atoms with van der Waals surface area (Å²) in [6.07, 6.45) is -1.02. The molecule has 0 aliphatic carbocycles. The minimum Gasteiger partial charge on any atom is -0.346 e. The smallest absolute Gasteiger partial charge is 0.346 e. The van der Waals surface area contributed by atoms with E-state index in [2.05, 4.69) is 10.3 Å². The number of nitrogens with one attached hydrogen (secondary N) is 1. The van der Waals surface area contributed by atoms with Crippen molar-refractivity contribution < 1.29 is 18.0 Å². The first-order valence-electron chi connectivity index (χ1n) is 7.98. The molecular formula is C19H17F3N2O. The Morgan fingerprint density at radius 2 is 1.96 bits per heavy atom. The highest BCUT2D eigenvalue weighted by atomic mass is 19.4. The van der Waals surface area contributed by atoms with Crippen LogP contribution in [-0.2, 0) is 12.6 Å². The summed E-state index contributed by atoms with van der Waals surface area (Å²) in [6, 6.07) is 9.66. The van der Waals surface area contributed by atoms with Crippen molar-refractivity contribution in [2.24, 2.45) is 4.99 Å². The standard InChI is InChI=1S/C19H17F3N2O/c1-12(15-6-2-3-7-16(15)19(20,21)22)24-18(25)14-8-9-17-13(11-14)5-4-10-23-17/h2-3,6-12H,4-5H2,1H3,(H,24,25). The summed E-state index contributed by atoms with van der Waals surface area (Å²) in [7, 11) is 0. The first-order chi connectivity index (χ1) is 11.9. The summed E-state index contributed by atoms with van der Waals surface area (Å²) >= 11 is 0. The molecule has 25 heavy (non-hydrogen) atoms. The lowest BCUT2D eigenvalue weighted by Gasteiger charge is -2.20. The number of benzene rings is 2. The van der Waals surface area contributed by atoms with Crippen molar-refractivity contribution in [2.45, 2.75) is 32.0 Å². The van der Waals surface area contributed by atoms with Crippen LogP contribution in [-0.4, -0.2) is 12.1 Å². The third-order valence-corrected chi connectivity index (χ3v) is 4.20. The number of hydrogen-bond donors (Lipinski definition) is 1. The van der Waals surface area contributed by atoms with Gasteiger partial charge in [0.15, 0.2) is 0 Å². The lowest BCUT2D eigenvalue weighted by molar-refractivity contribution is -0.138. The molecule has 1 heterocycles. The molecule has 1 unspecified atom stereocenters. The molecule has 1 aliphatic rings. The Balaban J connectivity index is 1.81. The highest BCUT2D eigenvalue weighted by molar-refractivity contribution is 5.95.